The Bertz CT molecular complexity index is 1830. The van der Waals surface area contributed by atoms with Crippen LogP contribution in [0.5, 0.6) is 0 Å². The molecule has 1 atom stereocenters. The Morgan fingerprint density at radius 1 is 0.488 bits per heavy atom. The second kappa shape index (κ2) is 11.3. The van der Waals surface area contributed by atoms with Crippen LogP contribution in [0.15, 0.2) is 141 Å². The molecule has 0 amide bonds. The molecule has 0 aliphatic heterocycles. The van der Waals surface area contributed by atoms with Crippen LogP contribution in [0.25, 0.3) is 33.0 Å². The minimum Gasteiger partial charge on any atom is -0.143 e. The first-order valence-corrected chi connectivity index (χ1v) is 15.3. The van der Waals surface area contributed by atoms with Gasteiger partial charge in [-0.05, 0) is 99.5 Å². The van der Waals surface area contributed by atoms with E-state index in [1.54, 1.807) is 0 Å². The maximum atomic E-state index is 5.18. The summed E-state index contributed by atoms with van der Waals surface area (Å²) in [4.78, 5) is 3.76. The Kier molecular flexibility index (Phi) is 7.78. The second-order valence-electron chi connectivity index (χ2n) is 10.6. The second-order valence-corrected chi connectivity index (χ2v) is 12.5. The smallest absolute Gasteiger partial charge is 0.0434 e. The van der Waals surface area contributed by atoms with E-state index in [1.165, 1.54) is 16.5 Å². The number of hydrogen-bond acceptors (Lipinski definition) is 4. The van der Waals surface area contributed by atoms with Crippen LogP contribution in [0.4, 0.5) is 0 Å². The molecular weight excluding hydrogens is 573 g/mol. The summed E-state index contributed by atoms with van der Waals surface area (Å²) in [6, 6.07) is 42.7. The van der Waals surface area contributed by atoms with Gasteiger partial charge >= 0.3 is 0 Å². The molecular formula is C37H30S4. The van der Waals surface area contributed by atoms with Crippen molar-refractivity contribution in [3.8, 4) is 22.3 Å². The fourth-order valence-electron chi connectivity index (χ4n) is 5.84. The highest BCUT2D eigenvalue weighted by atomic mass is 32.1. The highest BCUT2D eigenvalue weighted by Gasteiger charge is 2.34. The summed E-state index contributed by atoms with van der Waals surface area (Å²) >= 11 is 19.7. The average molecular weight is 603 g/mol. The normalized spacial score (nSPS) is 12.8. The summed E-state index contributed by atoms with van der Waals surface area (Å²) in [6.45, 7) is 4.45. The molecule has 1 unspecified atom stereocenters. The first kappa shape index (κ1) is 28.1. The molecule has 0 bridgehead atoms. The molecule has 0 heterocycles. The number of aryl methyl sites for hydroxylation is 1. The maximum Gasteiger partial charge on any atom is 0.0434 e. The standard InChI is InChI=1S/C37H30S4/c1-23-9-3-5-11-27(23)30-21-25(16-19-34(30)39)37(2,32-18-15-24-10-4-6-12-28(24)36(32)41)26-17-20-35(40)31(22-26)29-13-7-8-14-33(29)38/h3-22,38-41H,1-2H3. The Morgan fingerprint density at radius 2 is 1.02 bits per heavy atom. The lowest BCUT2D eigenvalue weighted by Gasteiger charge is -2.34. The summed E-state index contributed by atoms with van der Waals surface area (Å²) in [5, 5.41) is 2.31. The van der Waals surface area contributed by atoms with E-state index in [2.05, 4.69) is 117 Å². The van der Waals surface area contributed by atoms with Crippen molar-refractivity contribution in [2.24, 2.45) is 0 Å². The van der Waals surface area contributed by atoms with Gasteiger partial charge in [0.15, 0.2) is 0 Å². The molecule has 0 aliphatic rings. The monoisotopic (exact) mass is 602 g/mol. The predicted molar refractivity (Wildman–Crippen MR) is 187 cm³/mol. The highest BCUT2D eigenvalue weighted by Crippen LogP contribution is 2.47. The third-order valence-electron chi connectivity index (χ3n) is 8.22. The maximum absolute atomic E-state index is 5.18. The van der Waals surface area contributed by atoms with E-state index in [0.29, 0.717) is 0 Å². The van der Waals surface area contributed by atoms with E-state index in [-0.39, 0.29) is 0 Å². The first-order valence-electron chi connectivity index (χ1n) is 13.5. The molecule has 0 N–H and O–H groups in total. The van der Waals surface area contributed by atoms with Crippen LogP contribution in [0.2, 0.25) is 0 Å². The Hall–Kier alpha value is -3.02. The molecule has 6 rings (SSSR count). The molecule has 4 heteroatoms. The van der Waals surface area contributed by atoms with Gasteiger partial charge in [0.2, 0.25) is 0 Å². The summed E-state index contributed by atoms with van der Waals surface area (Å²) in [5.74, 6) is 0. The van der Waals surface area contributed by atoms with Crippen LogP contribution in [0.3, 0.4) is 0 Å². The molecule has 0 nitrogen and oxygen atoms in total. The molecule has 0 aliphatic carbocycles. The minimum absolute atomic E-state index is 0.540. The van der Waals surface area contributed by atoms with E-state index in [4.69, 9.17) is 50.5 Å². The van der Waals surface area contributed by atoms with Crippen molar-refractivity contribution in [1.82, 2.24) is 0 Å². The number of benzene rings is 6. The van der Waals surface area contributed by atoms with Crippen molar-refractivity contribution in [2.45, 2.75) is 38.8 Å². The van der Waals surface area contributed by atoms with Crippen LogP contribution in [-0.4, -0.2) is 0 Å². The van der Waals surface area contributed by atoms with Crippen LogP contribution in [0, 0.1) is 6.92 Å². The lowest BCUT2D eigenvalue weighted by Crippen LogP contribution is -2.26. The zero-order valence-electron chi connectivity index (χ0n) is 22.8. The summed E-state index contributed by atoms with van der Waals surface area (Å²) in [7, 11) is 0. The Labute approximate surface area is 264 Å². The minimum atomic E-state index is -0.540. The van der Waals surface area contributed by atoms with E-state index >= 15 is 0 Å². The number of rotatable bonds is 5. The molecule has 0 spiro atoms. The van der Waals surface area contributed by atoms with Gasteiger partial charge in [-0.3, -0.25) is 0 Å². The molecule has 0 radical (unpaired) electrons. The molecule has 6 aromatic carbocycles. The topological polar surface area (TPSA) is 0 Å². The molecule has 0 saturated heterocycles. The summed E-state index contributed by atoms with van der Waals surface area (Å²) in [5.41, 5.74) is 8.53. The van der Waals surface area contributed by atoms with E-state index in [0.717, 1.165) is 58.3 Å². The van der Waals surface area contributed by atoms with E-state index in [1.807, 2.05) is 18.2 Å². The van der Waals surface area contributed by atoms with Gasteiger partial charge in [-0.25, -0.2) is 0 Å². The van der Waals surface area contributed by atoms with Crippen molar-refractivity contribution in [3.63, 3.8) is 0 Å². The molecule has 41 heavy (non-hydrogen) atoms. The predicted octanol–water partition coefficient (Wildman–Crippen LogP) is 11.0. The molecule has 0 saturated carbocycles. The fraction of sp³-hybridized carbons (Fsp3) is 0.0811. The van der Waals surface area contributed by atoms with Crippen LogP contribution in [-0.2, 0) is 5.41 Å². The van der Waals surface area contributed by atoms with Crippen molar-refractivity contribution >= 4 is 61.3 Å². The molecule has 202 valence electrons. The number of hydrogen-bond donors (Lipinski definition) is 4. The van der Waals surface area contributed by atoms with Gasteiger partial charge in [-0.15, -0.1) is 50.5 Å². The summed E-state index contributed by atoms with van der Waals surface area (Å²) in [6.07, 6.45) is 0. The lowest BCUT2D eigenvalue weighted by molar-refractivity contribution is 0.679. The van der Waals surface area contributed by atoms with Gasteiger partial charge in [-0.1, -0.05) is 91.0 Å². The van der Waals surface area contributed by atoms with Crippen molar-refractivity contribution < 1.29 is 0 Å². The van der Waals surface area contributed by atoms with Gasteiger partial charge < -0.3 is 0 Å². The van der Waals surface area contributed by atoms with Gasteiger partial charge in [0, 0.05) is 25.0 Å². The first-order chi connectivity index (χ1) is 19.8. The Morgan fingerprint density at radius 3 is 1.68 bits per heavy atom. The molecule has 6 aromatic rings. The van der Waals surface area contributed by atoms with Crippen molar-refractivity contribution in [1.29, 1.82) is 0 Å². The summed E-state index contributed by atoms with van der Waals surface area (Å²) < 4.78 is 0. The van der Waals surface area contributed by atoms with Gasteiger partial charge in [-0.2, -0.15) is 0 Å². The zero-order chi connectivity index (χ0) is 28.7. The van der Waals surface area contributed by atoms with Gasteiger partial charge in [0.25, 0.3) is 0 Å². The Balaban J connectivity index is 1.66. The quantitative estimate of drug-likeness (QED) is 0.109. The van der Waals surface area contributed by atoms with Crippen LogP contribution < -0.4 is 0 Å². The SMILES string of the molecule is Cc1ccccc1-c1cc(C(C)(c2ccc(S)c(-c3ccccc3S)c2)c2ccc3ccccc3c2S)ccc1S. The third-order valence-corrected chi connectivity index (χ3v) is 9.87. The van der Waals surface area contributed by atoms with E-state index < -0.39 is 5.41 Å². The largest absolute Gasteiger partial charge is 0.143 e. The molecule has 0 fully saturated rings. The highest BCUT2D eigenvalue weighted by molar-refractivity contribution is 7.81. The van der Waals surface area contributed by atoms with Gasteiger partial charge in [0.05, 0.1) is 0 Å². The van der Waals surface area contributed by atoms with Crippen LogP contribution >= 0.6 is 50.5 Å². The van der Waals surface area contributed by atoms with Crippen LogP contribution in [0.1, 0.15) is 29.2 Å². The fourth-order valence-corrected chi connectivity index (χ4v) is 7.14. The molecule has 0 aromatic heterocycles. The third kappa shape index (κ3) is 5.02. The average Bonchev–Trinajstić information content (AvgIpc) is 2.98. The van der Waals surface area contributed by atoms with E-state index in [9.17, 15) is 0 Å². The van der Waals surface area contributed by atoms with Gasteiger partial charge in [0.1, 0.15) is 0 Å². The number of thiol groups is 4. The van der Waals surface area contributed by atoms with Crippen molar-refractivity contribution in [3.05, 3.63) is 144 Å². The lowest BCUT2D eigenvalue weighted by atomic mass is 9.69. The number of fused-ring (bicyclic) bond motifs is 1. The zero-order valence-corrected chi connectivity index (χ0v) is 26.4. The van der Waals surface area contributed by atoms with Crippen molar-refractivity contribution in [2.75, 3.05) is 0 Å².